The van der Waals surface area contributed by atoms with Crippen molar-refractivity contribution in [1.29, 1.82) is 0 Å². The smallest absolute Gasteiger partial charge is 0.282 e. The molecule has 0 bridgehead atoms. The highest BCUT2D eigenvalue weighted by atomic mass is 32.1. The number of thiazole rings is 1. The lowest BCUT2D eigenvalue weighted by Gasteiger charge is -2.23. The van der Waals surface area contributed by atoms with Gasteiger partial charge in [0.15, 0.2) is 0 Å². The predicted octanol–water partition coefficient (Wildman–Crippen LogP) is 3.11. The van der Waals surface area contributed by atoms with Crippen molar-refractivity contribution in [2.24, 2.45) is 5.10 Å². The quantitative estimate of drug-likeness (QED) is 0.530. The Kier molecular flexibility index (Phi) is 4.71. The normalized spacial score (nSPS) is 14.8. The van der Waals surface area contributed by atoms with Crippen LogP contribution in [-0.2, 0) is 4.74 Å². The lowest BCUT2D eigenvalue weighted by molar-refractivity contribution is 0.0397. The lowest BCUT2D eigenvalue weighted by atomic mass is 10.1. The maximum atomic E-state index is 13.3. The molecule has 0 radical (unpaired) electrons. The first-order valence-corrected chi connectivity index (χ1v) is 10.2. The van der Waals surface area contributed by atoms with Gasteiger partial charge >= 0.3 is 0 Å². The van der Waals surface area contributed by atoms with Crippen LogP contribution >= 0.6 is 11.3 Å². The zero-order valence-corrected chi connectivity index (χ0v) is 16.4. The van der Waals surface area contributed by atoms with Crippen LogP contribution in [-0.4, -0.2) is 52.3 Å². The average molecular weight is 405 g/mol. The molecular weight excluding hydrogens is 386 g/mol. The highest BCUT2D eigenvalue weighted by molar-refractivity contribution is 7.20. The Labute approximate surface area is 170 Å². The van der Waals surface area contributed by atoms with Gasteiger partial charge in [-0.15, -0.1) is 0 Å². The van der Waals surface area contributed by atoms with E-state index in [1.54, 1.807) is 6.21 Å². The van der Waals surface area contributed by atoms with E-state index in [0.717, 1.165) is 21.5 Å². The zero-order valence-electron chi connectivity index (χ0n) is 15.6. The van der Waals surface area contributed by atoms with E-state index in [1.807, 2.05) is 59.6 Å². The number of aromatic nitrogens is 3. The summed E-state index contributed by atoms with van der Waals surface area (Å²) < 4.78 is 7.91. The number of para-hydroxylation sites is 1. The molecule has 146 valence electrons. The minimum Gasteiger partial charge on any atom is -0.378 e. The van der Waals surface area contributed by atoms with Crippen molar-refractivity contribution < 1.29 is 4.74 Å². The van der Waals surface area contributed by atoms with Crippen molar-refractivity contribution in [3.8, 4) is 16.4 Å². The fourth-order valence-corrected chi connectivity index (χ4v) is 4.22. The molecule has 1 fully saturated rings. The van der Waals surface area contributed by atoms with Crippen LogP contribution in [0.15, 0.2) is 64.5 Å². The van der Waals surface area contributed by atoms with Crippen LogP contribution in [0.5, 0.6) is 0 Å². The summed E-state index contributed by atoms with van der Waals surface area (Å²) >= 11 is 1.48. The molecule has 2 aromatic carbocycles. The van der Waals surface area contributed by atoms with Crippen molar-refractivity contribution >= 4 is 27.8 Å². The number of hydrazone groups is 1. The number of nitrogens with one attached hydrogen (secondary N) is 1. The highest BCUT2D eigenvalue weighted by Gasteiger charge is 2.18. The van der Waals surface area contributed by atoms with E-state index in [-0.39, 0.29) is 5.56 Å². The molecule has 29 heavy (non-hydrogen) atoms. The zero-order chi connectivity index (χ0) is 19.6. The molecule has 0 spiro atoms. The van der Waals surface area contributed by atoms with Gasteiger partial charge in [-0.2, -0.15) is 9.78 Å². The number of fused-ring (bicyclic) bond motifs is 1. The van der Waals surface area contributed by atoms with E-state index in [9.17, 15) is 4.79 Å². The molecule has 5 rings (SSSR count). The fraction of sp³-hybridized carbons (Fsp3) is 0.190. The first kappa shape index (κ1) is 17.8. The summed E-state index contributed by atoms with van der Waals surface area (Å²) in [4.78, 5) is 17.9. The molecule has 4 aromatic rings. The standard InChI is InChI=1S/C21H19N5O2S/c27-20-16(14-22-25-10-12-28-13-11-25)19(15-6-2-1-3-7-15)24-26(20)21-23-17-8-4-5-9-18(17)29-21/h1-9,14,24H,10-13H2/b22-14+. The van der Waals surface area contributed by atoms with Gasteiger partial charge in [0.05, 0.1) is 54.0 Å². The average Bonchev–Trinajstić information content (AvgIpc) is 3.34. The minimum absolute atomic E-state index is 0.167. The third-order valence-corrected chi connectivity index (χ3v) is 5.82. The molecular formula is C21H19N5O2S. The molecule has 1 aliphatic heterocycles. The molecule has 1 N–H and O–H groups in total. The summed E-state index contributed by atoms with van der Waals surface area (Å²) in [6, 6.07) is 17.7. The van der Waals surface area contributed by atoms with Crippen LogP contribution in [0.1, 0.15) is 5.56 Å². The number of rotatable bonds is 4. The Morgan fingerprint density at radius 2 is 1.83 bits per heavy atom. The minimum atomic E-state index is -0.167. The third kappa shape index (κ3) is 3.48. The lowest BCUT2D eigenvalue weighted by Crippen LogP contribution is -2.32. The SMILES string of the molecule is O=c1c(/C=N/N2CCOCC2)c(-c2ccccc2)[nH]n1-c1nc2ccccc2s1. The number of hydrogen-bond donors (Lipinski definition) is 1. The van der Waals surface area contributed by atoms with Gasteiger partial charge in [0, 0.05) is 5.56 Å². The van der Waals surface area contributed by atoms with Gasteiger partial charge in [-0.25, -0.2) is 4.98 Å². The maximum absolute atomic E-state index is 13.3. The Morgan fingerprint density at radius 3 is 2.62 bits per heavy atom. The number of aromatic amines is 1. The molecule has 8 heteroatoms. The second-order valence-electron chi connectivity index (χ2n) is 6.68. The molecule has 7 nitrogen and oxygen atoms in total. The number of H-pyrrole nitrogens is 1. The van der Waals surface area contributed by atoms with Crippen LogP contribution < -0.4 is 5.56 Å². The van der Waals surface area contributed by atoms with Crippen molar-refractivity contribution in [2.45, 2.75) is 0 Å². The molecule has 0 aliphatic carbocycles. The van der Waals surface area contributed by atoms with Gasteiger partial charge in [-0.3, -0.25) is 14.9 Å². The summed E-state index contributed by atoms with van der Waals surface area (Å²) in [7, 11) is 0. The Morgan fingerprint density at radius 1 is 1.07 bits per heavy atom. The monoisotopic (exact) mass is 405 g/mol. The van der Waals surface area contributed by atoms with Crippen LogP contribution in [0.4, 0.5) is 0 Å². The summed E-state index contributed by atoms with van der Waals surface area (Å²) in [6.07, 6.45) is 1.65. The number of morpholine rings is 1. The molecule has 3 heterocycles. The van der Waals surface area contributed by atoms with Gasteiger partial charge in [-0.05, 0) is 12.1 Å². The second-order valence-corrected chi connectivity index (χ2v) is 7.69. The van der Waals surface area contributed by atoms with E-state index in [4.69, 9.17) is 4.74 Å². The molecule has 0 unspecified atom stereocenters. The van der Waals surface area contributed by atoms with Gasteiger partial charge in [-0.1, -0.05) is 53.8 Å². The first-order chi connectivity index (χ1) is 14.3. The molecule has 1 aliphatic rings. The van der Waals surface area contributed by atoms with Crippen molar-refractivity contribution in [2.75, 3.05) is 26.3 Å². The summed E-state index contributed by atoms with van der Waals surface area (Å²) in [5.41, 5.74) is 2.88. The second kappa shape index (κ2) is 7.65. The number of hydrogen-bond acceptors (Lipinski definition) is 6. The van der Waals surface area contributed by atoms with Crippen LogP contribution in [0.2, 0.25) is 0 Å². The Hall–Kier alpha value is -3.23. The van der Waals surface area contributed by atoms with Crippen LogP contribution in [0, 0.1) is 0 Å². The van der Waals surface area contributed by atoms with E-state index >= 15 is 0 Å². The molecule has 0 amide bonds. The summed E-state index contributed by atoms with van der Waals surface area (Å²) in [6.45, 7) is 2.72. The van der Waals surface area contributed by atoms with Crippen LogP contribution in [0.3, 0.4) is 0 Å². The van der Waals surface area contributed by atoms with Crippen molar-refractivity contribution in [3.63, 3.8) is 0 Å². The molecule has 2 aromatic heterocycles. The fourth-order valence-electron chi connectivity index (χ4n) is 3.29. The molecule has 0 atom stereocenters. The topological polar surface area (TPSA) is 75.5 Å². The maximum Gasteiger partial charge on any atom is 0.282 e. The third-order valence-electron chi connectivity index (χ3n) is 4.80. The number of benzene rings is 2. The van der Waals surface area contributed by atoms with E-state index in [2.05, 4.69) is 15.2 Å². The Bertz CT molecular complexity index is 1190. The van der Waals surface area contributed by atoms with Crippen molar-refractivity contribution in [1.82, 2.24) is 19.8 Å². The summed E-state index contributed by atoms with van der Waals surface area (Å²) in [5, 5.41) is 10.3. The highest BCUT2D eigenvalue weighted by Crippen LogP contribution is 2.25. The largest absolute Gasteiger partial charge is 0.378 e. The first-order valence-electron chi connectivity index (χ1n) is 9.43. The van der Waals surface area contributed by atoms with E-state index < -0.39 is 0 Å². The van der Waals surface area contributed by atoms with Gasteiger partial charge in [0.1, 0.15) is 0 Å². The predicted molar refractivity (Wildman–Crippen MR) is 115 cm³/mol. The number of ether oxygens (including phenoxy) is 1. The molecule has 1 saturated heterocycles. The Balaban J connectivity index is 1.62. The van der Waals surface area contributed by atoms with E-state index in [1.165, 1.54) is 16.0 Å². The van der Waals surface area contributed by atoms with Crippen LogP contribution in [0.25, 0.3) is 26.6 Å². The molecule has 0 saturated carbocycles. The number of nitrogens with zero attached hydrogens (tertiary/aromatic N) is 4. The van der Waals surface area contributed by atoms with Gasteiger partial charge < -0.3 is 4.74 Å². The summed E-state index contributed by atoms with van der Waals surface area (Å²) in [5.74, 6) is 0. The van der Waals surface area contributed by atoms with Gasteiger partial charge in [0.2, 0.25) is 5.13 Å². The van der Waals surface area contributed by atoms with Crippen molar-refractivity contribution in [3.05, 3.63) is 70.5 Å². The van der Waals surface area contributed by atoms with E-state index in [0.29, 0.717) is 37.0 Å². The van der Waals surface area contributed by atoms with Gasteiger partial charge in [0.25, 0.3) is 5.56 Å².